The van der Waals surface area contributed by atoms with Crippen LogP contribution in [0.15, 0.2) is 42.9 Å². The van der Waals surface area contributed by atoms with Crippen LogP contribution in [-0.2, 0) is 13.1 Å². The predicted octanol–water partition coefficient (Wildman–Crippen LogP) is 2.86. The molecule has 2 heterocycles. The Kier molecular flexibility index (Phi) is 5.75. The normalized spacial score (nSPS) is 10.6. The van der Waals surface area contributed by atoms with Crippen molar-refractivity contribution in [3.8, 4) is 11.4 Å². The molecular weight excluding hydrogens is 347 g/mol. The molecule has 2 aromatic heterocycles. The Balaban J connectivity index is 1.71. The maximum Gasteiger partial charge on any atom is 0.251 e. The minimum atomic E-state index is -0.529. The second-order valence-corrected chi connectivity index (χ2v) is 6.02. The lowest BCUT2D eigenvalue weighted by atomic mass is 10.1. The number of carbonyl (C=O) groups is 1. The van der Waals surface area contributed by atoms with Gasteiger partial charge in [0.15, 0.2) is 17.5 Å². The van der Waals surface area contributed by atoms with Crippen LogP contribution in [0.5, 0.6) is 0 Å². The van der Waals surface area contributed by atoms with Gasteiger partial charge in [0.1, 0.15) is 0 Å². The molecular formula is C19H21FN6O. The van der Waals surface area contributed by atoms with E-state index >= 15 is 0 Å². The summed E-state index contributed by atoms with van der Waals surface area (Å²) in [5.74, 6) is -0.287. The summed E-state index contributed by atoms with van der Waals surface area (Å²) in [7, 11) is 1.59. The summed E-state index contributed by atoms with van der Waals surface area (Å²) in [6.45, 7) is 3.33. The van der Waals surface area contributed by atoms with Gasteiger partial charge < -0.3 is 10.6 Å². The SMILES string of the molecule is CCCn1cc(CNC(=O)c2cccc(-c3ncc(F)c(NC)n3)c2)cn1. The molecule has 0 unspecified atom stereocenters. The van der Waals surface area contributed by atoms with Gasteiger partial charge in [0.25, 0.3) is 5.91 Å². The number of aromatic nitrogens is 4. The van der Waals surface area contributed by atoms with Crippen LogP contribution in [0.1, 0.15) is 29.3 Å². The van der Waals surface area contributed by atoms with Gasteiger partial charge in [-0.25, -0.2) is 14.4 Å². The smallest absolute Gasteiger partial charge is 0.251 e. The highest BCUT2D eigenvalue weighted by Crippen LogP contribution is 2.19. The topological polar surface area (TPSA) is 84.7 Å². The van der Waals surface area contributed by atoms with Gasteiger partial charge in [-0.2, -0.15) is 5.10 Å². The number of hydrogen-bond acceptors (Lipinski definition) is 5. The van der Waals surface area contributed by atoms with Crippen LogP contribution in [0, 0.1) is 5.82 Å². The van der Waals surface area contributed by atoms with E-state index in [4.69, 9.17) is 0 Å². The van der Waals surface area contributed by atoms with E-state index < -0.39 is 5.82 Å². The van der Waals surface area contributed by atoms with Gasteiger partial charge in [-0.3, -0.25) is 9.48 Å². The molecule has 0 bridgehead atoms. The number of anilines is 1. The van der Waals surface area contributed by atoms with Gasteiger partial charge in [0.2, 0.25) is 0 Å². The molecule has 2 N–H and O–H groups in total. The Bertz CT molecular complexity index is 939. The Hall–Kier alpha value is -3.29. The fraction of sp³-hybridized carbons (Fsp3) is 0.263. The summed E-state index contributed by atoms with van der Waals surface area (Å²) in [6, 6.07) is 6.91. The zero-order valence-electron chi connectivity index (χ0n) is 15.2. The van der Waals surface area contributed by atoms with E-state index in [-0.39, 0.29) is 11.7 Å². The fourth-order valence-electron chi connectivity index (χ4n) is 2.61. The minimum Gasteiger partial charge on any atom is -0.371 e. The molecule has 0 saturated carbocycles. The van der Waals surface area contributed by atoms with E-state index in [9.17, 15) is 9.18 Å². The van der Waals surface area contributed by atoms with E-state index in [0.717, 1.165) is 24.7 Å². The summed E-state index contributed by atoms with van der Waals surface area (Å²) in [5.41, 5.74) is 2.05. The van der Waals surface area contributed by atoms with E-state index in [0.29, 0.717) is 23.5 Å². The predicted molar refractivity (Wildman–Crippen MR) is 101 cm³/mol. The highest BCUT2D eigenvalue weighted by Gasteiger charge is 2.11. The highest BCUT2D eigenvalue weighted by atomic mass is 19.1. The second-order valence-electron chi connectivity index (χ2n) is 6.02. The molecule has 0 spiro atoms. The van der Waals surface area contributed by atoms with Crippen LogP contribution >= 0.6 is 0 Å². The molecule has 0 aliphatic heterocycles. The van der Waals surface area contributed by atoms with Crippen molar-refractivity contribution in [2.24, 2.45) is 0 Å². The van der Waals surface area contributed by atoms with Crippen molar-refractivity contribution >= 4 is 11.7 Å². The molecule has 0 aliphatic rings. The van der Waals surface area contributed by atoms with Crippen LogP contribution in [-0.4, -0.2) is 32.7 Å². The van der Waals surface area contributed by atoms with E-state index in [1.165, 1.54) is 0 Å². The zero-order valence-corrected chi connectivity index (χ0v) is 15.2. The van der Waals surface area contributed by atoms with Crippen molar-refractivity contribution < 1.29 is 9.18 Å². The number of hydrogen-bond donors (Lipinski definition) is 2. The Morgan fingerprint density at radius 2 is 2.15 bits per heavy atom. The molecule has 7 nitrogen and oxygen atoms in total. The zero-order chi connectivity index (χ0) is 19.2. The maximum absolute atomic E-state index is 13.5. The van der Waals surface area contributed by atoms with E-state index in [2.05, 4.69) is 32.6 Å². The number of nitrogens with zero attached hydrogens (tertiary/aromatic N) is 4. The van der Waals surface area contributed by atoms with Gasteiger partial charge in [0, 0.05) is 43.0 Å². The molecule has 0 radical (unpaired) electrons. The van der Waals surface area contributed by atoms with Gasteiger partial charge in [-0.1, -0.05) is 19.1 Å². The van der Waals surface area contributed by atoms with E-state index in [1.807, 2.05) is 10.9 Å². The number of halogens is 1. The molecule has 0 fully saturated rings. The van der Waals surface area contributed by atoms with Crippen LogP contribution < -0.4 is 10.6 Å². The number of carbonyl (C=O) groups excluding carboxylic acids is 1. The third-order valence-electron chi connectivity index (χ3n) is 3.96. The summed E-state index contributed by atoms with van der Waals surface area (Å²) >= 11 is 0. The molecule has 0 saturated heterocycles. The second kappa shape index (κ2) is 8.39. The first kappa shape index (κ1) is 18.5. The van der Waals surface area contributed by atoms with Gasteiger partial charge >= 0.3 is 0 Å². The first-order chi connectivity index (χ1) is 13.1. The van der Waals surface area contributed by atoms with Crippen LogP contribution in [0.4, 0.5) is 10.2 Å². The monoisotopic (exact) mass is 368 g/mol. The third kappa shape index (κ3) is 4.46. The lowest BCUT2D eigenvalue weighted by molar-refractivity contribution is 0.0951. The number of aryl methyl sites for hydroxylation is 1. The third-order valence-corrected chi connectivity index (χ3v) is 3.96. The quantitative estimate of drug-likeness (QED) is 0.670. The molecule has 3 aromatic rings. The number of rotatable bonds is 7. The average Bonchev–Trinajstić information content (AvgIpc) is 3.14. The average molecular weight is 368 g/mol. The standard InChI is InChI=1S/C19H21FN6O/c1-3-7-26-12-13(10-24-26)9-23-19(27)15-6-4-5-14(8-15)17-22-11-16(20)18(21-2)25-17/h4-6,8,10-12H,3,7,9H2,1-2H3,(H,23,27)(H,21,22,25). The molecule has 1 amide bonds. The summed E-state index contributed by atoms with van der Waals surface area (Å²) in [6.07, 6.45) is 5.78. The lowest BCUT2D eigenvalue weighted by Crippen LogP contribution is -2.22. The van der Waals surface area contributed by atoms with Crippen LogP contribution in [0.2, 0.25) is 0 Å². The van der Waals surface area contributed by atoms with Gasteiger partial charge in [-0.15, -0.1) is 0 Å². The molecule has 27 heavy (non-hydrogen) atoms. The number of nitrogens with one attached hydrogen (secondary N) is 2. The molecule has 1 aromatic carbocycles. The first-order valence-electron chi connectivity index (χ1n) is 8.71. The summed E-state index contributed by atoms with van der Waals surface area (Å²) < 4.78 is 15.4. The Labute approximate surface area is 156 Å². The summed E-state index contributed by atoms with van der Waals surface area (Å²) in [5, 5.41) is 9.80. The van der Waals surface area contributed by atoms with Crippen LogP contribution in [0.25, 0.3) is 11.4 Å². The van der Waals surface area contributed by atoms with Crippen molar-refractivity contribution in [2.45, 2.75) is 26.4 Å². The van der Waals surface area contributed by atoms with Crippen molar-refractivity contribution in [2.75, 3.05) is 12.4 Å². The lowest BCUT2D eigenvalue weighted by Gasteiger charge is -2.07. The van der Waals surface area contributed by atoms with Crippen molar-refractivity contribution in [1.29, 1.82) is 0 Å². The van der Waals surface area contributed by atoms with E-state index in [1.54, 1.807) is 37.5 Å². The number of amides is 1. The van der Waals surface area contributed by atoms with Gasteiger partial charge in [-0.05, 0) is 18.6 Å². The minimum absolute atomic E-state index is 0.110. The fourth-order valence-corrected chi connectivity index (χ4v) is 2.61. The largest absolute Gasteiger partial charge is 0.371 e. The highest BCUT2D eigenvalue weighted by molar-refractivity contribution is 5.95. The van der Waals surface area contributed by atoms with Crippen molar-refractivity contribution in [3.05, 3.63) is 59.8 Å². The molecule has 140 valence electrons. The molecule has 3 rings (SSSR count). The van der Waals surface area contributed by atoms with Crippen LogP contribution in [0.3, 0.4) is 0 Å². The maximum atomic E-state index is 13.5. The Morgan fingerprint density at radius 1 is 1.30 bits per heavy atom. The Morgan fingerprint density at radius 3 is 2.93 bits per heavy atom. The molecule has 8 heteroatoms. The van der Waals surface area contributed by atoms with Crippen molar-refractivity contribution in [1.82, 2.24) is 25.1 Å². The molecule has 0 aliphatic carbocycles. The molecule has 0 atom stereocenters. The van der Waals surface area contributed by atoms with Gasteiger partial charge in [0.05, 0.1) is 12.4 Å². The van der Waals surface area contributed by atoms with Crippen molar-refractivity contribution in [3.63, 3.8) is 0 Å². The summed E-state index contributed by atoms with van der Waals surface area (Å²) in [4.78, 5) is 20.6. The first-order valence-corrected chi connectivity index (χ1v) is 8.71. The number of benzene rings is 1.